The van der Waals surface area contributed by atoms with Gasteiger partial charge in [-0.2, -0.15) is 0 Å². The molecule has 0 spiro atoms. The highest BCUT2D eigenvalue weighted by Crippen LogP contribution is 2.13. The van der Waals surface area contributed by atoms with Crippen LogP contribution in [-0.4, -0.2) is 23.6 Å². The molecule has 1 unspecified atom stereocenters. The van der Waals surface area contributed by atoms with Gasteiger partial charge >= 0.3 is 5.97 Å². The third kappa shape index (κ3) is 4.35. The molecule has 2 aromatic carbocycles. The van der Waals surface area contributed by atoms with E-state index in [0.29, 0.717) is 11.3 Å². The second-order valence-corrected chi connectivity index (χ2v) is 4.35. The zero-order valence-electron chi connectivity index (χ0n) is 11.2. The monoisotopic (exact) mass is 285 g/mol. The van der Waals surface area contributed by atoms with Crippen LogP contribution in [0.4, 0.5) is 0 Å². The zero-order chi connectivity index (χ0) is 15.1. The molecule has 108 valence electrons. The van der Waals surface area contributed by atoms with Gasteiger partial charge in [0.25, 0.3) is 5.91 Å². The van der Waals surface area contributed by atoms with E-state index in [4.69, 9.17) is 4.74 Å². The summed E-state index contributed by atoms with van der Waals surface area (Å²) in [4.78, 5) is 23.1. The quantitative estimate of drug-likeness (QED) is 0.851. The summed E-state index contributed by atoms with van der Waals surface area (Å²) in [6.07, 6.45) is 0. The molecular formula is C16H15NO4. The van der Waals surface area contributed by atoms with Crippen molar-refractivity contribution in [3.05, 3.63) is 66.2 Å². The standard InChI is InChI=1S/C16H15NO4/c18-14(11-21-13-9-5-2-6-10-13)17-15(16(19)20)12-7-3-1-4-8-12/h1-10,15H,11H2,(H,17,18)(H,19,20). The molecule has 0 aromatic heterocycles. The summed E-state index contributed by atoms with van der Waals surface area (Å²) in [6, 6.07) is 16.3. The van der Waals surface area contributed by atoms with Crippen LogP contribution >= 0.6 is 0 Å². The van der Waals surface area contributed by atoms with Crippen molar-refractivity contribution in [2.75, 3.05) is 6.61 Å². The summed E-state index contributed by atoms with van der Waals surface area (Å²) < 4.78 is 5.28. The number of rotatable bonds is 6. The van der Waals surface area contributed by atoms with Gasteiger partial charge in [-0.05, 0) is 17.7 Å². The van der Waals surface area contributed by atoms with Crippen molar-refractivity contribution in [2.24, 2.45) is 0 Å². The Balaban J connectivity index is 1.95. The Labute approximate surface area is 122 Å². The number of hydrogen-bond donors (Lipinski definition) is 2. The first-order chi connectivity index (χ1) is 10.2. The van der Waals surface area contributed by atoms with Crippen molar-refractivity contribution in [3.63, 3.8) is 0 Å². The second kappa shape index (κ2) is 7.09. The maximum Gasteiger partial charge on any atom is 0.330 e. The average molecular weight is 285 g/mol. The van der Waals surface area contributed by atoms with Crippen molar-refractivity contribution in [1.82, 2.24) is 5.32 Å². The summed E-state index contributed by atoms with van der Waals surface area (Å²) in [5.41, 5.74) is 0.512. The van der Waals surface area contributed by atoms with E-state index in [1.165, 1.54) is 0 Å². The van der Waals surface area contributed by atoms with Crippen LogP contribution < -0.4 is 10.1 Å². The number of aliphatic carboxylic acids is 1. The van der Waals surface area contributed by atoms with E-state index < -0.39 is 17.9 Å². The minimum absolute atomic E-state index is 0.235. The molecule has 5 heteroatoms. The SMILES string of the molecule is O=C(COc1ccccc1)NC(C(=O)O)c1ccccc1. The fraction of sp³-hybridized carbons (Fsp3) is 0.125. The highest BCUT2D eigenvalue weighted by atomic mass is 16.5. The van der Waals surface area contributed by atoms with Crippen molar-refractivity contribution in [1.29, 1.82) is 0 Å². The molecule has 0 radical (unpaired) electrons. The number of hydrogen-bond acceptors (Lipinski definition) is 3. The Morgan fingerprint density at radius 2 is 1.57 bits per heavy atom. The van der Waals surface area contributed by atoms with Crippen LogP contribution in [0.15, 0.2) is 60.7 Å². The molecule has 0 aliphatic carbocycles. The lowest BCUT2D eigenvalue weighted by molar-refractivity contribution is -0.142. The maximum absolute atomic E-state index is 11.8. The molecule has 0 aliphatic rings. The Kier molecular flexibility index (Phi) is 4.93. The average Bonchev–Trinajstić information content (AvgIpc) is 2.52. The number of carbonyl (C=O) groups excluding carboxylic acids is 1. The van der Waals surface area contributed by atoms with Crippen LogP contribution in [0.5, 0.6) is 5.75 Å². The maximum atomic E-state index is 11.8. The van der Waals surface area contributed by atoms with Gasteiger partial charge in [-0.25, -0.2) is 4.79 Å². The zero-order valence-corrected chi connectivity index (χ0v) is 11.2. The number of ether oxygens (including phenoxy) is 1. The Hall–Kier alpha value is -2.82. The van der Waals surface area contributed by atoms with E-state index in [0.717, 1.165) is 0 Å². The fourth-order valence-corrected chi connectivity index (χ4v) is 1.80. The summed E-state index contributed by atoms with van der Waals surface area (Å²) in [7, 11) is 0. The number of carbonyl (C=O) groups is 2. The highest BCUT2D eigenvalue weighted by molar-refractivity contribution is 5.85. The Bertz CT molecular complexity index is 598. The van der Waals surface area contributed by atoms with Gasteiger partial charge in [0, 0.05) is 0 Å². The van der Waals surface area contributed by atoms with Gasteiger partial charge in [0.2, 0.25) is 0 Å². The lowest BCUT2D eigenvalue weighted by Gasteiger charge is -2.15. The molecule has 0 bridgehead atoms. The molecule has 1 amide bonds. The van der Waals surface area contributed by atoms with E-state index in [-0.39, 0.29) is 6.61 Å². The molecule has 2 aromatic rings. The van der Waals surface area contributed by atoms with Crippen molar-refractivity contribution < 1.29 is 19.4 Å². The van der Waals surface area contributed by atoms with Crippen LogP contribution in [0.2, 0.25) is 0 Å². The largest absolute Gasteiger partial charge is 0.484 e. The van der Waals surface area contributed by atoms with Crippen LogP contribution in [0, 0.1) is 0 Å². The predicted molar refractivity (Wildman–Crippen MR) is 76.9 cm³/mol. The van der Waals surface area contributed by atoms with E-state index in [1.54, 1.807) is 54.6 Å². The summed E-state index contributed by atoms with van der Waals surface area (Å²) in [5, 5.41) is 11.6. The normalized spacial score (nSPS) is 11.4. The van der Waals surface area contributed by atoms with Gasteiger partial charge in [-0.3, -0.25) is 4.79 Å². The fourth-order valence-electron chi connectivity index (χ4n) is 1.80. The number of amides is 1. The van der Waals surface area contributed by atoms with Gasteiger partial charge in [-0.1, -0.05) is 48.5 Å². The van der Waals surface area contributed by atoms with Gasteiger partial charge in [0.1, 0.15) is 5.75 Å². The molecule has 0 fully saturated rings. The minimum Gasteiger partial charge on any atom is -0.484 e. The predicted octanol–water partition coefficient (Wildman–Crippen LogP) is 2.01. The van der Waals surface area contributed by atoms with E-state index in [2.05, 4.69) is 5.32 Å². The molecule has 2 N–H and O–H groups in total. The molecule has 1 atom stereocenters. The van der Waals surface area contributed by atoms with E-state index in [1.807, 2.05) is 6.07 Å². The molecule has 21 heavy (non-hydrogen) atoms. The minimum atomic E-state index is -1.12. The molecule has 5 nitrogen and oxygen atoms in total. The first-order valence-electron chi connectivity index (χ1n) is 6.42. The molecular weight excluding hydrogens is 270 g/mol. The van der Waals surface area contributed by atoms with Crippen LogP contribution in [0.3, 0.4) is 0 Å². The van der Waals surface area contributed by atoms with E-state index >= 15 is 0 Å². The number of carboxylic acid groups (broad SMARTS) is 1. The summed E-state index contributed by atoms with van der Waals surface area (Å²) in [6.45, 7) is -0.235. The van der Waals surface area contributed by atoms with Crippen LogP contribution in [0.1, 0.15) is 11.6 Å². The molecule has 2 rings (SSSR count). The molecule has 0 heterocycles. The highest BCUT2D eigenvalue weighted by Gasteiger charge is 2.21. The van der Waals surface area contributed by atoms with Gasteiger partial charge in [0.15, 0.2) is 12.6 Å². The molecule has 0 aliphatic heterocycles. The van der Waals surface area contributed by atoms with Crippen LogP contribution in [-0.2, 0) is 9.59 Å². The van der Waals surface area contributed by atoms with Gasteiger partial charge < -0.3 is 15.2 Å². The smallest absolute Gasteiger partial charge is 0.330 e. The number of para-hydroxylation sites is 1. The van der Waals surface area contributed by atoms with Crippen LogP contribution in [0.25, 0.3) is 0 Å². The Morgan fingerprint density at radius 1 is 1.00 bits per heavy atom. The topological polar surface area (TPSA) is 75.6 Å². The Morgan fingerprint density at radius 3 is 2.14 bits per heavy atom. The first kappa shape index (κ1) is 14.6. The van der Waals surface area contributed by atoms with Crippen molar-refractivity contribution in [2.45, 2.75) is 6.04 Å². The van der Waals surface area contributed by atoms with Crippen molar-refractivity contribution >= 4 is 11.9 Å². The van der Waals surface area contributed by atoms with Gasteiger partial charge in [-0.15, -0.1) is 0 Å². The van der Waals surface area contributed by atoms with Crippen molar-refractivity contribution in [3.8, 4) is 5.75 Å². The molecule has 0 saturated heterocycles. The summed E-state index contributed by atoms with van der Waals surface area (Å²) >= 11 is 0. The van der Waals surface area contributed by atoms with E-state index in [9.17, 15) is 14.7 Å². The second-order valence-electron chi connectivity index (χ2n) is 4.35. The number of carboxylic acids is 1. The lowest BCUT2D eigenvalue weighted by atomic mass is 10.1. The molecule has 0 saturated carbocycles. The van der Waals surface area contributed by atoms with Gasteiger partial charge in [0.05, 0.1) is 0 Å². The first-order valence-corrected chi connectivity index (χ1v) is 6.42. The third-order valence-corrected chi connectivity index (χ3v) is 2.80. The summed E-state index contributed by atoms with van der Waals surface area (Å²) in [5.74, 6) is -1.05. The third-order valence-electron chi connectivity index (χ3n) is 2.80. The number of nitrogens with one attached hydrogen (secondary N) is 1. The number of benzene rings is 2. The lowest BCUT2D eigenvalue weighted by Crippen LogP contribution is -2.36.